The van der Waals surface area contributed by atoms with Crippen LogP contribution in [-0.4, -0.2) is 32.7 Å². The van der Waals surface area contributed by atoms with Crippen molar-refractivity contribution in [3.63, 3.8) is 0 Å². The van der Waals surface area contributed by atoms with E-state index in [1.165, 1.54) is 0 Å². The Labute approximate surface area is 208 Å². The Morgan fingerprint density at radius 3 is 2.50 bits per heavy atom. The Morgan fingerprint density at radius 1 is 1.00 bits per heavy atom. The van der Waals surface area contributed by atoms with E-state index in [9.17, 15) is 4.79 Å². The largest absolute Gasteiger partial charge is 0.490 e. The molecule has 9 nitrogen and oxygen atoms in total. The molecule has 9 heteroatoms. The van der Waals surface area contributed by atoms with Crippen molar-refractivity contribution in [1.82, 2.24) is 20.2 Å². The van der Waals surface area contributed by atoms with Gasteiger partial charge in [0.05, 0.1) is 12.2 Å². The summed E-state index contributed by atoms with van der Waals surface area (Å²) in [6, 6.07) is 24.3. The molecule has 0 radical (unpaired) electrons. The van der Waals surface area contributed by atoms with Gasteiger partial charge < -0.3 is 20.1 Å². The number of amides is 1. The van der Waals surface area contributed by atoms with E-state index in [4.69, 9.17) is 9.47 Å². The number of nitrogens with one attached hydrogen (secondary N) is 2. The van der Waals surface area contributed by atoms with Gasteiger partial charge in [-0.1, -0.05) is 59.7 Å². The highest BCUT2D eigenvalue weighted by Crippen LogP contribution is 2.39. The first-order chi connectivity index (χ1) is 17.6. The van der Waals surface area contributed by atoms with Gasteiger partial charge in [0, 0.05) is 11.4 Å². The number of fused-ring (bicyclic) bond motifs is 1. The lowest BCUT2D eigenvalue weighted by molar-refractivity contribution is -0.113. The average molecular weight is 483 g/mol. The number of para-hydroxylation sites is 1. The summed E-state index contributed by atoms with van der Waals surface area (Å²) in [4.78, 5) is 13.5. The second kappa shape index (κ2) is 10.3. The molecule has 182 valence electrons. The topological polar surface area (TPSA) is 103 Å². The molecule has 0 bridgehead atoms. The SMILES string of the molecule is CCOc1cc(C2C(C(=O)Nc3ccccc3)=C(C)Nc3nnnn32)ccc1OCc1ccccc1. The molecule has 0 fully saturated rings. The maximum absolute atomic E-state index is 13.5. The lowest BCUT2D eigenvalue weighted by Crippen LogP contribution is -2.31. The molecular weight excluding hydrogens is 456 g/mol. The van der Waals surface area contributed by atoms with E-state index < -0.39 is 6.04 Å². The van der Waals surface area contributed by atoms with Crippen LogP contribution in [0.3, 0.4) is 0 Å². The molecule has 2 N–H and O–H groups in total. The first-order valence-electron chi connectivity index (χ1n) is 11.7. The minimum Gasteiger partial charge on any atom is -0.490 e. The summed E-state index contributed by atoms with van der Waals surface area (Å²) in [5, 5.41) is 18.2. The third-order valence-electron chi connectivity index (χ3n) is 5.81. The fraction of sp³-hybridized carbons (Fsp3) is 0.185. The highest BCUT2D eigenvalue weighted by atomic mass is 16.5. The van der Waals surface area contributed by atoms with Crippen LogP contribution in [0, 0.1) is 0 Å². The number of hydrogen-bond donors (Lipinski definition) is 2. The van der Waals surface area contributed by atoms with E-state index >= 15 is 0 Å². The number of anilines is 2. The molecule has 1 amide bonds. The molecular formula is C27H26N6O3. The van der Waals surface area contributed by atoms with Crippen molar-refractivity contribution in [1.29, 1.82) is 0 Å². The first kappa shape index (κ1) is 23.1. The average Bonchev–Trinajstić information content (AvgIpc) is 3.36. The van der Waals surface area contributed by atoms with Crippen molar-refractivity contribution < 1.29 is 14.3 Å². The molecule has 1 atom stereocenters. The molecule has 0 saturated heterocycles. The van der Waals surface area contributed by atoms with Crippen LogP contribution >= 0.6 is 0 Å². The molecule has 1 aromatic heterocycles. The first-order valence-corrected chi connectivity index (χ1v) is 11.7. The minimum atomic E-state index is -0.567. The maximum Gasteiger partial charge on any atom is 0.255 e. The van der Waals surface area contributed by atoms with Crippen LogP contribution in [0.4, 0.5) is 11.6 Å². The maximum atomic E-state index is 13.5. The van der Waals surface area contributed by atoms with Crippen molar-refractivity contribution in [3.8, 4) is 11.5 Å². The standard InChI is InChI=1S/C27H26N6O3/c1-3-35-23-16-20(14-15-22(23)36-17-19-10-6-4-7-11-19)25-24(18(2)28-27-30-31-32-33(25)27)26(34)29-21-12-8-5-9-13-21/h4-16,25H,3,17H2,1-2H3,(H,29,34)(H,28,30,32). The third kappa shape index (κ3) is 4.76. The van der Waals surface area contributed by atoms with E-state index in [1.54, 1.807) is 4.68 Å². The number of aromatic nitrogens is 4. The summed E-state index contributed by atoms with van der Waals surface area (Å²) in [7, 11) is 0. The van der Waals surface area contributed by atoms with Crippen LogP contribution in [0.5, 0.6) is 11.5 Å². The van der Waals surface area contributed by atoms with E-state index in [-0.39, 0.29) is 5.91 Å². The van der Waals surface area contributed by atoms with Gasteiger partial charge in [0.15, 0.2) is 11.5 Å². The fourth-order valence-electron chi connectivity index (χ4n) is 4.15. The molecule has 4 aromatic rings. The van der Waals surface area contributed by atoms with Gasteiger partial charge in [0.1, 0.15) is 12.6 Å². The fourth-order valence-corrected chi connectivity index (χ4v) is 4.15. The Balaban J connectivity index is 1.50. The zero-order chi connectivity index (χ0) is 24.9. The van der Waals surface area contributed by atoms with Gasteiger partial charge >= 0.3 is 0 Å². The van der Waals surface area contributed by atoms with Gasteiger partial charge in [-0.2, -0.15) is 4.68 Å². The molecule has 5 rings (SSSR count). The van der Waals surface area contributed by atoms with Crippen molar-refractivity contribution in [3.05, 3.63) is 101 Å². The number of benzene rings is 3. The van der Waals surface area contributed by atoms with Gasteiger partial charge in [-0.3, -0.25) is 4.79 Å². The number of hydrogen-bond acceptors (Lipinski definition) is 7. The Kier molecular flexibility index (Phi) is 6.61. The minimum absolute atomic E-state index is 0.250. The molecule has 2 heterocycles. The van der Waals surface area contributed by atoms with E-state index in [2.05, 4.69) is 26.2 Å². The summed E-state index contributed by atoms with van der Waals surface area (Å²) >= 11 is 0. The number of nitrogens with zero attached hydrogens (tertiary/aromatic N) is 4. The Morgan fingerprint density at radius 2 is 1.75 bits per heavy atom. The second-order valence-electron chi connectivity index (χ2n) is 8.25. The highest BCUT2D eigenvalue weighted by molar-refractivity contribution is 6.06. The molecule has 0 spiro atoms. The lowest BCUT2D eigenvalue weighted by Gasteiger charge is -2.28. The van der Waals surface area contributed by atoms with Crippen LogP contribution in [-0.2, 0) is 11.4 Å². The predicted molar refractivity (Wildman–Crippen MR) is 136 cm³/mol. The number of carbonyl (C=O) groups excluding carboxylic acids is 1. The summed E-state index contributed by atoms with van der Waals surface area (Å²) in [5.74, 6) is 1.40. The van der Waals surface area contributed by atoms with Crippen molar-refractivity contribution in [2.24, 2.45) is 0 Å². The molecule has 1 unspecified atom stereocenters. The summed E-state index contributed by atoms with van der Waals surface area (Å²) in [6.45, 7) is 4.63. The Bertz CT molecular complexity index is 1390. The quantitative estimate of drug-likeness (QED) is 0.379. The Hall–Kier alpha value is -4.66. The summed E-state index contributed by atoms with van der Waals surface area (Å²) in [5.41, 5.74) is 3.71. The van der Waals surface area contributed by atoms with E-state index in [0.29, 0.717) is 47.6 Å². The highest BCUT2D eigenvalue weighted by Gasteiger charge is 2.34. The summed E-state index contributed by atoms with van der Waals surface area (Å²) in [6.07, 6.45) is 0. The van der Waals surface area contributed by atoms with Crippen LogP contribution in [0.15, 0.2) is 90.1 Å². The second-order valence-corrected chi connectivity index (χ2v) is 8.25. The summed E-state index contributed by atoms with van der Waals surface area (Å²) < 4.78 is 13.6. The van der Waals surface area contributed by atoms with Gasteiger partial charge in [-0.25, -0.2) is 0 Å². The smallest absolute Gasteiger partial charge is 0.255 e. The van der Waals surface area contributed by atoms with E-state index in [0.717, 1.165) is 11.1 Å². The van der Waals surface area contributed by atoms with Crippen LogP contribution in [0.2, 0.25) is 0 Å². The lowest BCUT2D eigenvalue weighted by atomic mass is 9.94. The van der Waals surface area contributed by atoms with Gasteiger partial charge in [0.25, 0.3) is 5.91 Å². The molecule has 3 aromatic carbocycles. The van der Waals surface area contributed by atoms with Crippen LogP contribution < -0.4 is 20.1 Å². The monoisotopic (exact) mass is 482 g/mol. The van der Waals surface area contributed by atoms with Crippen molar-refractivity contribution in [2.75, 3.05) is 17.2 Å². The van der Waals surface area contributed by atoms with Gasteiger partial charge in [-0.05, 0) is 59.7 Å². The van der Waals surface area contributed by atoms with Crippen LogP contribution in [0.25, 0.3) is 0 Å². The normalized spacial score (nSPS) is 14.6. The zero-order valence-corrected chi connectivity index (χ0v) is 20.0. The molecule has 0 saturated carbocycles. The van der Waals surface area contributed by atoms with Gasteiger partial charge in [0.2, 0.25) is 5.95 Å². The molecule has 0 aliphatic carbocycles. The zero-order valence-electron chi connectivity index (χ0n) is 20.0. The third-order valence-corrected chi connectivity index (χ3v) is 5.81. The molecule has 1 aliphatic rings. The predicted octanol–water partition coefficient (Wildman–Crippen LogP) is 4.58. The van der Waals surface area contributed by atoms with Crippen molar-refractivity contribution in [2.45, 2.75) is 26.5 Å². The number of allylic oxidation sites excluding steroid dienone is 1. The molecule has 1 aliphatic heterocycles. The number of carbonyl (C=O) groups is 1. The number of tetrazole rings is 1. The number of rotatable bonds is 8. The van der Waals surface area contributed by atoms with Crippen molar-refractivity contribution >= 4 is 17.5 Å². The molecule has 36 heavy (non-hydrogen) atoms. The number of ether oxygens (including phenoxy) is 2. The van der Waals surface area contributed by atoms with Gasteiger partial charge in [-0.15, -0.1) is 0 Å². The van der Waals surface area contributed by atoms with Crippen LogP contribution in [0.1, 0.15) is 31.0 Å². The van der Waals surface area contributed by atoms with E-state index in [1.807, 2.05) is 92.7 Å².